The van der Waals surface area contributed by atoms with E-state index in [1.165, 1.54) is 56.5 Å². The fraction of sp³-hybridized carbons (Fsp3) is 0.130. The minimum Gasteiger partial charge on any atom is -0.495 e. The molecular weight excluding hydrogens is 550 g/mol. The van der Waals surface area contributed by atoms with Crippen LogP contribution in [0.5, 0.6) is 5.75 Å². The van der Waals surface area contributed by atoms with Crippen molar-refractivity contribution in [2.24, 2.45) is 5.10 Å². The van der Waals surface area contributed by atoms with E-state index < -0.39 is 43.8 Å². The van der Waals surface area contributed by atoms with Crippen molar-refractivity contribution in [3.05, 3.63) is 91.7 Å². The van der Waals surface area contributed by atoms with Gasteiger partial charge in [0.1, 0.15) is 18.1 Å². The monoisotopic (exact) mass is 568 g/mol. The van der Waals surface area contributed by atoms with E-state index in [1.54, 1.807) is 0 Å². The molecule has 14 heteroatoms. The lowest BCUT2D eigenvalue weighted by Gasteiger charge is -2.25. The van der Waals surface area contributed by atoms with Crippen LogP contribution in [0.1, 0.15) is 11.1 Å². The zero-order valence-corrected chi connectivity index (χ0v) is 21.6. The molecule has 0 unspecified atom stereocenters. The van der Waals surface area contributed by atoms with Gasteiger partial charge in [-0.05, 0) is 43.3 Å². The number of carbonyl (C=O) groups excluding carboxylic acids is 1. The Morgan fingerprint density at radius 1 is 1.22 bits per heavy atom. The molecule has 3 rings (SSSR count). The van der Waals surface area contributed by atoms with Crippen LogP contribution < -0.4 is 14.5 Å². The first-order valence-corrected chi connectivity index (χ1v) is 12.5. The number of hydrogen-bond donors (Lipinski definition) is 1. The second kappa shape index (κ2) is 11.5. The SMILES string of the molecule is COc1ccc(Cl)cc1N(CC(=O)N/N=C\c1c(F)cccc1Cl)S(=O)(=O)c1ccc(C)c([N+](=O)[O-])c1. The number of ether oxygens (including phenoxy) is 1. The molecule has 3 aromatic rings. The van der Waals surface area contributed by atoms with Crippen molar-refractivity contribution >= 4 is 56.7 Å². The molecule has 1 N–H and O–H groups in total. The van der Waals surface area contributed by atoms with Crippen LogP contribution in [-0.2, 0) is 14.8 Å². The molecule has 0 aliphatic carbocycles. The van der Waals surface area contributed by atoms with Crippen molar-refractivity contribution in [2.45, 2.75) is 11.8 Å². The second-order valence-electron chi connectivity index (χ2n) is 7.46. The predicted molar refractivity (Wildman–Crippen MR) is 138 cm³/mol. The Morgan fingerprint density at radius 3 is 2.59 bits per heavy atom. The van der Waals surface area contributed by atoms with Gasteiger partial charge in [-0.1, -0.05) is 35.3 Å². The fourth-order valence-corrected chi connectivity index (χ4v) is 5.02. The third kappa shape index (κ3) is 6.34. The molecule has 0 spiro atoms. The molecular formula is C23H19Cl2FN4O6S. The smallest absolute Gasteiger partial charge is 0.273 e. The summed E-state index contributed by atoms with van der Waals surface area (Å²) in [5.74, 6) is -1.54. The first kappa shape index (κ1) is 27.8. The molecule has 0 aliphatic rings. The summed E-state index contributed by atoms with van der Waals surface area (Å²) < 4.78 is 47.1. The number of anilines is 1. The summed E-state index contributed by atoms with van der Waals surface area (Å²) in [5.41, 5.74) is 1.75. The van der Waals surface area contributed by atoms with Gasteiger partial charge in [-0.15, -0.1) is 0 Å². The molecule has 0 radical (unpaired) electrons. The average molecular weight is 569 g/mol. The van der Waals surface area contributed by atoms with Gasteiger partial charge in [0, 0.05) is 22.2 Å². The van der Waals surface area contributed by atoms with Crippen molar-refractivity contribution in [1.29, 1.82) is 0 Å². The summed E-state index contributed by atoms with van der Waals surface area (Å²) >= 11 is 12.0. The topological polar surface area (TPSA) is 131 Å². The molecule has 0 saturated heterocycles. The summed E-state index contributed by atoms with van der Waals surface area (Å²) in [6.07, 6.45) is 0.970. The van der Waals surface area contributed by atoms with Gasteiger partial charge in [0.15, 0.2) is 0 Å². The molecule has 0 heterocycles. The highest BCUT2D eigenvalue weighted by Crippen LogP contribution is 2.35. The Balaban J connectivity index is 2.02. The van der Waals surface area contributed by atoms with Gasteiger partial charge in [0.05, 0.1) is 33.9 Å². The second-order valence-corrected chi connectivity index (χ2v) is 10.2. The highest BCUT2D eigenvalue weighted by atomic mass is 35.5. The molecule has 10 nitrogen and oxygen atoms in total. The standard InChI is InChI=1S/C23H19Cl2FN4O6S/c1-14-6-8-16(11-20(14)30(32)33)37(34,35)29(21-10-15(24)7-9-22(21)36-2)13-23(31)28-27-12-17-18(25)4-3-5-19(17)26/h3-12H,13H2,1-2H3,(H,28,31)/b27-12-. The van der Waals surface area contributed by atoms with E-state index in [4.69, 9.17) is 27.9 Å². The van der Waals surface area contributed by atoms with Gasteiger partial charge >= 0.3 is 0 Å². The number of carbonyl (C=O) groups is 1. The van der Waals surface area contributed by atoms with Crippen LogP contribution >= 0.6 is 23.2 Å². The van der Waals surface area contributed by atoms with Crippen molar-refractivity contribution in [3.8, 4) is 5.75 Å². The number of amides is 1. The highest BCUT2D eigenvalue weighted by molar-refractivity contribution is 7.92. The van der Waals surface area contributed by atoms with Gasteiger partial charge in [0.25, 0.3) is 21.6 Å². The van der Waals surface area contributed by atoms with Crippen molar-refractivity contribution in [3.63, 3.8) is 0 Å². The Labute approximate surface area is 221 Å². The van der Waals surface area contributed by atoms with Crippen LogP contribution in [0.3, 0.4) is 0 Å². The van der Waals surface area contributed by atoms with Crippen LogP contribution in [0, 0.1) is 22.9 Å². The van der Waals surface area contributed by atoms with Gasteiger partial charge in [0.2, 0.25) is 0 Å². The van der Waals surface area contributed by atoms with Crippen molar-refractivity contribution < 1.29 is 27.3 Å². The van der Waals surface area contributed by atoms with Crippen molar-refractivity contribution in [1.82, 2.24) is 5.43 Å². The lowest BCUT2D eigenvalue weighted by Crippen LogP contribution is -2.39. The molecule has 0 aliphatic heterocycles. The predicted octanol–water partition coefficient (Wildman–Crippen LogP) is 4.70. The largest absolute Gasteiger partial charge is 0.495 e. The minimum absolute atomic E-state index is 0.0480. The molecule has 0 bridgehead atoms. The van der Waals surface area contributed by atoms with Gasteiger partial charge in [-0.2, -0.15) is 5.10 Å². The summed E-state index contributed by atoms with van der Waals surface area (Å²) in [6, 6.07) is 11.4. The van der Waals surface area contributed by atoms with E-state index in [-0.39, 0.29) is 32.6 Å². The Hall–Kier alpha value is -3.74. The maximum atomic E-state index is 13.9. The van der Waals surface area contributed by atoms with Gasteiger partial charge in [-0.25, -0.2) is 18.2 Å². The first-order valence-electron chi connectivity index (χ1n) is 10.3. The van der Waals surface area contributed by atoms with Gasteiger partial charge in [-0.3, -0.25) is 19.2 Å². The number of rotatable bonds is 9. The number of hydrazone groups is 1. The number of nitro benzene ring substituents is 1. The van der Waals surface area contributed by atoms with Crippen molar-refractivity contribution in [2.75, 3.05) is 18.0 Å². The van der Waals surface area contributed by atoms with E-state index >= 15 is 0 Å². The summed E-state index contributed by atoms with van der Waals surface area (Å²) in [6.45, 7) is 0.628. The van der Waals surface area contributed by atoms with E-state index in [1.807, 2.05) is 0 Å². The molecule has 0 saturated carbocycles. The minimum atomic E-state index is -4.57. The third-order valence-electron chi connectivity index (χ3n) is 5.04. The zero-order valence-electron chi connectivity index (χ0n) is 19.3. The van der Waals surface area contributed by atoms with E-state index in [0.29, 0.717) is 4.31 Å². The molecule has 0 atom stereocenters. The summed E-state index contributed by atoms with van der Waals surface area (Å²) in [7, 11) is -3.28. The number of nitro groups is 1. The summed E-state index contributed by atoms with van der Waals surface area (Å²) in [4.78, 5) is 23.0. The van der Waals surface area contributed by atoms with Crippen LogP contribution in [0.15, 0.2) is 64.6 Å². The molecule has 0 aromatic heterocycles. The maximum Gasteiger partial charge on any atom is 0.273 e. The Bertz CT molecular complexity index is 1480. The first-order chi connectivity index (χ1) is 17.4. The molecule has 194 valence electrons. The van der Waals surface area contributed by atoms with Gasteiger partial charge < -0.3 is 4.74 Å². The van der Waals surface area contributed by atoms with Crippen LogP contribution in [-0.4, -0.2) is 39.1 Å². The number of nitrogens with one attached hydrogen (secondary N) is 1. The fourth-order valence-electron chi connectivity index (χ4n) is 3.20. The van der Waals surface area contributed by atoms with Crippen LogP contribution in [0.2, 0.25) is 10.0 Å². The molecule has 37 heavy (non-hydrogen) atoms. The van der Waals surface area contributed by atoms with E-state index in [9.17, 15) is 27.7 Å². The highest BCUT2D eigenvalue weighted by Gasteiger charge is 2.31. The number of nitrogens with zero attached hydrogens (tertiary/aromatic N) is 3. The third-order valence-corrected chi connectivity index (χ3v) is 7.37. The number of aryl methyl sites for hydroxylation is 1. The summed E-state index contributed by atoms with van der Waals surface area (Å²) in [5, 5.41) is 15.2. The average Bonchev–Trinajstić information content (AvgIpc) is 2.84. The lowest BCUT2D eigenvalue weighted by molar-refractivity contribution is -0.385. The number of benzene rings is 3. The lowest BCUT2D eigenvalue weighted by atomic mass is 10.2. The van der Waals surface area contributed by atoms with Crippen LogP contribution in [0.4, 0.5) is 15.8 Å². The number of halogens is 3. The molecule has 3 aromatic carbocycles. The zero-order chi connectivity index (χ0) is 27.3. The molecule has 0 fully saturated rings. The van der Waals surface area contributed by atoms with E-state index in [0.717, 1.165) is 18.3 Å². The Kier molecular flexibility index (Phi) is 8.69. The number of sulfonamides is 1. The quantitative estimate of drug-likeness (QED) is 0.226. The van der Waals surface area contributed by atoms with E-state index in [2.05, 4.69) is 10.5 Å². The van der Waals surface area contributed by atoms with Crippen LogP contribution in [0.25, 0.3) is 0 Å². The normalized spacial score (nSPS) is 11.4. The number of methoxy groups -OCH3 is 1. The number of hydrogen-bond acceptors (Lipinski definition) is 7. The molecule has 1 amide bonds. The Morgan fingerprint density at radius 2 is 1.95 bits per heavy atom. The maximum absolute atomic E-state index is 13.9.